The summed E-state index contributed by atoms with van der Waals surface area (Å²) >= 11 is 0. The zero-order valence-corrected chi connectivity index (χ0v) is 9.74. The maximum Gasteiger partial charge on any atom is 0.307 e. The van der Waals surface area contributed by atoms with E-state index in [4.69, 9.17) is 5.11 Å². The number of amides is 1. The van der Waals surface area contributed by atoms with E-state index in [-0.39, 0.29) is 24.3 Å². The van der Waals surface area contributed by atoms with Gasteiger partial charge in [0, 0.05) is 18.9 Å². The first-order chi connectivity index (χ1) is 8.65. The summed E-state index contributed by atoms with van der Waals surface area (Å²) in [4.78, 5) is 32.0. The van der Waals surface area contributed by atoms with E-state index in [1.807, 2.05) is 4.90 Å². The van der Waals surface area contributed by atoms with E-state index < -0.39 is 5.97 Å². The summed E-state index contributed by atoms with van der Waals surface area (Å²) in [6, 6.07) is 1.66. The molecule has 1 atom stereocenters. The molecule has 1 fully saturated rings. The highest BCUT2D eigenvalue weighted by molar-refractivity contribution is 5.90. The minimum Gasteiger partial charge on any atom is -0.481 e. The van der Waals surface area contributed by atoms with Gasteiger partial charge in [0.15, 0.2) is 0 Å². The molecule has 1 unspecified atom stereocenters. The van der Waals surface area contributed by atoms with Gasteiger partial charge < -0.3 is 5.11 Å². The third kappa shape index (κ3) is 3.24. The van der Waals surface area contributed by atoms with E-state index in [0.29, 0.717) is 19.5 Å². The van der Waals surface area contributed by atoms with Gasteiger partial charge in [-0.05, 0) is 19.0 Å². The fraction of sp³-hybridized carbons (Fsp3) is 0.455. The second-order valence-corrected chi connectivity index (χ2v) is 4.18. The molecule has 2 N–H and O–H groups in total. The number of nitrogens with zero attached hydrogens (tertiary/aromatic N) is 3. The molecule has 1 aromatic rings. The molecule has 96 valence electrons. The van der Waals surface area contributed by atoms with Crippen molar-refractivity contribution in [1.82, 2.24) is 14.9 Å². The van der Waals surface area contributed by atoms with Gasteiger partial charge in [-0.3, -0.25) is 19.8 Å². The van der Waals surface area contributed by atoms with Gasteiger partial charge in [0.1, 0.15) is 0 Å². The lowest BCUT2D eigenvalue weighted by atomic mass is 10.1. The van der Waals surface area contributed by atoms with Gasteiger partial charge in [-0.15, -0.1) is 0 Å². The Morgan fingerprint density at radius 3 is 2.78 bits per heavy atom. The van der Waals surface area contributed by atoms with Crippen molar-refractivity contribution in [3.8, 4) is 0 Å². The van der Waals surface area contributed by atoms with Crippen molar-refractivity contribution in [2.24, 2.45) is 5.92 Å². The van der Waals surface area contributed by atoms with E-state index in [1.165, 1.54) is 0 Å². The number of carboxylic acids is 1. The van der Waals surface area contributed by atoms with Crippen LogP contribution in [0.3, 0.4) is 0 Å². The van der Waals surface area contributed by atoms with E-state index in [9.17, 15) is 9.59 Å². The van der Waals surface area contributed by atoms with Crippen molar-refractivity contribution in [2.45, 2.75) is 6.42 Å². The largest absolute Gasteiger partial charge is 0.481 e. The minimum absolute atomic E-state index is 0.169. The number of anilines is 1. The van der Waals surface area contributed by atoms with Crippen LogP contribution in [0.15, 0.2) is 18.5 Å². The molecular formula is C11H14N4O3. The van der Waals surface area contributed by atoms with Gasteiger partial charge in [-0.1, -0.05) is 0 Å². The molecule has 0 aliphatic carbocycles. The number of carbonyl (C=O) groups excluding carboxylic acids is 1. The van der Waals surface area contributed by atoms with E-state index in [2.05, 4.69) is 15.3 Å². The van der Waals surface area contributed by atoms with Crippen LogP contribution in [0, 0.1) is 5.92 Å². The molecule has 1 saturated heterocycles. The zero-order chi connectivity index (χ0) is 13.0. The van der Waals surface area contributed by atoms with Gasteiger partial charge in [-0.2, -0.15) is 0 Å². The molecule has 2 rings (SSSR count). The molecule has 1 amide bonds. The number of nitrogens with one attached hydrogen (secondary N) is 1. The standard InChI is InChI=1S/C11H14N4O3/c16-9(14-11-12-3-1-4-13-11)7-15-5-2-8(6-15)10(17)18/h1,3-4,8H,2,5-7H2,(H,17,18)(H,12,13,14,16). The molecule has 0 radical (unpaired) electrons. The number of aromatic nitrogens is 2. The maximum absolute atomic E-state index is 11.7. The lowest BCUT2D eigenvalue weighted by Gasteiger charge is -2.13. The number of carbonyl (C=O) groups is 2. The third-order valence-corrected chi connectivity index (χ3v) is 2.81. The fourth-order valence-electron chi connectivity index (χ4n) is 1.91. The number of rotatable bonds is 4. The predicted molar refractivity (Wildman–Crippen MR) is 62.8 cm³/mol. The molecule has 18 heavy (non-hydrogen) atoms. The molecule has 2 heterocycles. The molecule has 0 aromatic carbocycles. The van der Waals surface area contributed by atoms with Gasteiger partial charge in [0.05, 0.1) is 12.5 Å². The first-order valence-electron chi connectivity index (χ1n) is 5.67. The second-order valence-electron chi connectivity index (χ2n) is 4.18. The molecule has 1 aliphatic rings. The van der Waals surface area contributed by atoms with Crippen molar-refractivity contribution in [2.75, 3.05) is 25.0 Å². The van der Waals surface area contributed by atoms with Crippen LogP contribution in [-0.2, 0) is 9.59 Å². The Kier molecular flexibility index (Phi) is 3.83. The van der Waals surface area contributed by atoms with Gasteiger partial charge in [0.25, 0.3) is 0 Å². The summed E-state index contributed by atoms with van der Waals surface area (Å²) in [6.45, 7) is 1.21. The van der Waals surface area contributed by atoms with E-state index in [0.717, 1.165) is 0 Å². The Morgan fingerprint density at radius 1 is 1.44 bits per heavy atom. The van der Waals surface area contributed by atoms with Crippen molar-refractivity contribution in [3.05, 3.63) is 18.5 Å². The van der Waals surface area contributed by atoms with Crippen LogP contribution in [0.5, 0.6) is 0 Å². The molecule has 7 nitrogen and oxygen atoms in total. The van der Waals surface area contributed by atoms with Crippen molar-refractivity contribution < 1.29 is 14.7 Å². The van der Waals surface area contributed by atoms with E-state index in [1.54, 1.807) is 18.5 Å². The molecular weight excluding hydrogens is 236 g/mol. The SMILES string of the molecule is O=C(CN1CCC(C(=O)O)C1)Nc1ncccn1. The summed E-state index contributed by atoms with van der Waals surface area (Å²) in [6.07, 6.45) is 3.67. The third-order valence-electron chi connectivity index (χ3n) is 2.81. The maximum atomic E-state index is 11.7. The van der Waals surface area contributed by atoms with Crippen LogP contribution >= 0.6 is 0 Å². The molecule has 0 saturated carbocycles. The molecule has 7 heteroatoms. The summed E-state index contributed by atoms with van der Waals surface area (Å²) in [5.41, 5.74) is 0. The predicted octanol–water partition coefficient (Wildman–Crippen LogP) is -0.178. The highest BCUT2D eigenvalue weighted by Crippen LogP contribution is 2.15. The topological polar surface area (TPSA) is 95.4 Å². The van der Waals surface area contributed by atoms with Crippen LogP contribution < -0.4 is 5.32 Å². The second kappa shape index (κ2) is 5.54. The monoisotopic (exact) mass is 250 g/mol. The number of hydrogen-bond donors (Lipinski definition) is 2. The highest BCUT2D eigenvalue weighted by atomic mass is 16.4. The lowest BCUT2D eigenvalue weighted by molar-refractivity contribution is -0.141. The van der Waals surface area contributed by atoms with Crippen LogP contribution in [0.25, 0.3) is 0 Å². The molecule has 0 bridgehead atoms. The van der Waals surface area contributed by atoms with Crippen molar-refractivity contribution in [3.63, 3.8) is 0 Å². The average molecular weight is 250 g/mol. The number of aliphatic carboxylic acids is 1. The fourth-order valence-corrected chi connectivity index (χ4v) is 1.91. The Morgan fingerprint density at radius 2 is 2.17 bits per heavy atom. The molecule has 1 aromatic heterocycles. The van der Waals surface area contributed by atoms with Crippen LogP contribution in [-0.4, -0.2) is 51.5 Å². The Balaban J connectivity index is 1.80. The normalized spacial score (nSPS) is 19.7. The molecule has 1 aliphatic heterocycles. The van der Waals surface area contributed by atoms with Gasteiger partial charge in [-0.25, -0.2) is 9.97 Å². The van der Waals surface area contributed by atoms with E-state index >= 15 is 0 Å². The zero-order valence-electron chi connectivity index (χ0n) is 9.74. The van der Waals surface area contributed by atoms with Gasteiger partial charge >= 0.3 is 5.97 Å². The molecule has 0 spiro atoms. The first kappa shape index (κ1) is 12.4. The average Bonchev–Trinajstić information content (AvgIpc) is 2.78. The summed E-state index contributed by atoms with van der Waals surface area (Å²) in [5.74, 6) is -1.14. The summed E-state index contributed by atoms with van der Waals surface area (Å²) in [7, 11) is 0. The Bertz CT molecular complexity index is 437. The van der Waals surface area contributed by atoms with Crippen LogP contribution in [0.2, 0.25) is 0 Å². The first-order valence-corrected chi connectivity index (χ1v) is 5.67. The quantitative estimate of drug-likeness (QED) is 0.769. The Labute approximate surface area is 104 Å². The number of carboxylic acid groups (broad SMARTS) is 1. The lowest BCUT2D eigenvalue weighted by Crippen LogP contribution is -2.32. The van der Waals surface area contributed by atoms with Crippen LogP contribution in [0.1, 0.15) is 6.42 Å². The Hall–Kier alpha value is -2.02. The van der Waals surface area contributed by atoms with Crippen molar-refractivity contribution >= 4 is 17.8 Å². The smallest absolute Gasteiger partial charge is 0.307 e. The minimum atomic E-state index is -0.802. The number of hydrogen-bond acceptors (Lipinski definition) is 5. The highest BCUT2D eigenvalue weighted by Gasteiger charge is 2.28. The summed E-state index contributed by atoms with van der Waals surface area (Å²) < 4.78 is 0. The number of likely N-dealkylation sites (tertiary alicyclic amines) is 1. The summed E-state index contributed by atoms with van der Waals surface area (Å²) in [5, 5.41) is 11.4. The van der Waals surface area contributed by atoms with Crippen molar-refractivity contribution in [1.29, 1.82) is 0 Å². The van der Waals surface area contributed by atoms with Gasteiger partial charge in [0.2, 0.25) is 11.9 Å². The van der Waals surface area contributed by atoms with Crippen LogP contribution in [0.4, 0.5) is 5.95 Å².